The van der Waals surface area contributed by atoms with Gasteiger partial charge in [0.15, 0.2) is 6.61 Å². The number of para-hydroxylation sites is 1. The van der Waals surface area contributed by atoms with E-state index in [1.165, 1.54) is 11.3 Å². The van der Waals surface area contributed by atoms with Gasteiger partial charge in [0.05, 0.1) is 5.56 Å². The summed E-state index contributed by atoms with van der Waals surface area (Å²) < 4.78 is 5.65. The number of rotatable bonds is 6. The van der Waals surface area contributed by atoms with Crippen LogP contribution in [-0.2, 0) is 4.79 Å². The van der Waals surface area contributed by atoms with Crippen LogP contribution in [0.4, 0.5) is 5.00 Å². The summed E-state index contributed by atoms with van der Waals surface area (Å²) in [5.41, 5.74) is 7.62. The molecule has 2 aromatic rings. The fraction of sp³-hybridized carbons (Fsp3) is 0.333. The minimum Gasteiger partial charge on any atom is -0.483 e. The van der Waals surface area contributed by atoms with Crippen LogP contribution < -0.4 is 15.8 Å². The lowest BCUT2D eigenvalue weighted by Gasteiger charge is -2.13. The van der Waals surface area contributed by atoms with Gasteiger partial charge in [0.1, 0.15) is 10.8 Å². The number of carbonyl (C=O) groups excluding carboxylic acids is 2. The molecule has 0 saturated carbocycles. The third-order valence-corrected chi connectivity index (χ3v) is 4.91. The van der Waals surface area contributed by atoms with Crippen LogP contribution in [0, 0.1) is 13.8 Å². The van der Waals surface area contributed by atoms with Crippen molar-refractivity contribution in [1.29, 1.82) is 0 Å². The highest BCUT2D eigenvalue weighted by Crippen LogP contribution is 2.32. The molecule has 24 heavy (non-hydrogen) atoms. The van der Waals surface area contributed by atoms with E-state index in [4.69, 9.17) is 10.5 Å². The van der Waals surface area contributed by atoms with E-state index in [0.717, 1.165) is 16.0 Å². The van der Waals surface area contributed by atoms with Gasteiger partial charge >= 0.3 is 0 Å². The summed E-state index contributed by atoms with van der Waals surface area (Å²) in [5.74, 6) is 0.125. The topological polar surface area (TPSA) is 81.4 Å². The lowest BCUT2D eigenvalue weighted by atomic mass is 10.0. The van der Waals surface area contributed by atoms with Crippen LogP contribution in [-0.4, -0.2) is 18.4 Å². The fourth-order valence-electron chi connectivity index (χ4n) is 2.41. The summed E-state index contributed by atoms with van der Waals surface area (Å²) in [5, 5.41) is 3.20. The first-order valence-corrected chi connectivity index (χ1v) is 8.54. The number of ether oxygens (including phenoxy) is 1. The molecule has 0 aliphatic rings. The van der Waals surface area contributed by atoms with E-state index in [0.29, 0.717) is 22.2 Å². The standard InChI is InChI=1S/C18H22N2O3S/c1-10(2)13-7-5-6-8-14(13)23-9-15(21)20-18-16(17(19)22)11(3)12(4)24-18/h5-8,10H,9H2,1-4H3,(H2,19,22)(H,20,21). The van der Waals surface area contributed by atoms with Crippen LogP contribution >= 0.6 is 11.3 Å². The molecule has 0 aliphatic heterocycles. The lowest BCUT2D eigenvalue weighted by molar-refractivity contribution is -0.118. The van der Waals surface area contributed by atoms with Gasteiger partial charge in [0, 0.05) is 4.88 Å². The zero-order valence-corrected chi connectivity index (χ0v) is 15.1. The maximum Gasteiger partial charge on any atom is 0.262 e. The second-order valence-electron chi connectivity index (χ2n) is 5.88. The van der Waals surface area contributed by atoms with Crippen molar-refractivity contribution in [3.05, 3.63) is 45.8 Å². The molecule has 3 N–H and O–H groups in total. The Kier molecular flexibility index (Phi) is 5.62. The molecule has 0 fully saturated rings. The van der Waals surface area contributed by atoms with Crippen molar-refractivity contribution >= 4 is 28.2 Å². The van der Waals surface area contributed by atoms with E-state index < -0.39 is 5.91 Å². The zero-order chi connectivity index (χ0) is 17.9. The SMILES string of the molecule is Cc1sc(NC(=O)COc2ccccc2C(C)C)c(C(N)=O)c1C. The van der Waals surface area contributed by atoms with Crippen LogP contribution in [0.5, 0.6) is 5.75 Å². The van der Waals surface area contributed by atoms with Gasteiger partial charge in [0.25, 0.3) is 11.8 Å². The molecular formula is C18H22N2O3S. The molecule has 2 amide bonds. The van der Waals surface area contributed by atoms with Crippen molar-refractivity contribution in [3.63, 3.8) is 0 Å². The Morgan fingerprint density at radius 3 is 2.54 bits per heavy atom. The minimum atomic E-state index is -0.543. The summed E-state index contributed by atoms with van der Waals surface area (Å²) in [7, 11) is 0. The number of hydrogen-bond donors (Lipinski definition) is 2. The van der Waals surface area contributed by atoms with Crippen LogP contribution in [0.3, 0.4) is 0 Å². The Morgan fingerprint density at radius 1 is 1.25 bits per heavy atom. The molecule has 5 nitrogen and oxygen atoms in total. The maximum absolute atomic E-state index is 12.2. The van der Waals surface area contributed by atoms with E-state index in [9.17, 15) is 9.59 Å². The smallest absolute Gasteiger partial charge is 0.262 e. The van der Waals surface area contributed by atoms with Crippen LogP contribution in [0.2, 0.25) is 0 Å². The van der Waals surface area contributed by atoms with Gasteiger partial charge in [-0.1, -0.05) is 32.0 Å². The van der Waals surface area contributed by atoms with E-state index in [1.54, 1.807) is 0 Å². The molecule has 6 heteroatoms. The average molecular weight is 346 g/mol. The van der Waals surface area contributed by atoms with Gasteiger partial charge in [-0.2, -0.15) is 0 Å². The molecule has 0 unspecified atom stereocenters. The van der Waals surface area contributed by atoms with Gasteiger partial charge in [-0.05, 0) is 37.0 Å². The van der Waals surface area contributed by atoms with E-state index >= 15 is 0 Å². The molecule has 0 bridgehead atoms. The molecule has 1 heterocycles. The Hall–Kier alpha value is -2.34. The molecule has 0 spiro atoms. The second-order valence-corrected chi connectivity index (χ2v) is 7.11. The molecule has 1 aromatic carbocycles. The predicted octanol–water partition coefficient (Wildman–Crippen LogP) is 3.60. The number of carbonyl (C=O) groups is 2. The minimum absolute atomic E-state index is 0.127. The highest BCUT2D eigenvalue weighted by atomic mass is 32.1. The number of thiophene rings is 1. The van der Waals surface area contributed by atoms with Crippen LogP contribution in [0.1, 0.15) is 46.1 Å². The van der Waals surface area contributed by atoms with E-state index in [-0.39, 0.29) is 12.5 Å². The molecule has 0 radical (unpaired) electrons. The number of aryl methyl sites for hydroxylation is 1. The molecular weight excluding hydrogens is 324 g/mol. The molecule has 0 saturated heterocycles. The highest BCUT2D eigenvalue weighted by molar-refractivity contribution is 7.16. The quantitative estimate of drug-likeness (QED) is 0.838. The molecule has 0 atom stereocenters. The molecule has 0 aliphatic carbocycles. The number of primary amides is 1. The number of benzene rings is 1. The molecule has 1 aromatic heterocycles. The molecule has 128 valence electrons. The third kappa shape index (κ3) is 3.94. The molecule has 2 rings (SSSR count). The average Bonchev–Trinajstić information content (AvgIpc) is 2.79. The van der Waals surface area contributed by atoms with E-state index in [1.807, 2.05) is 38.1 Å². The first kappa shape index (κ1) is 18.0. The van der Waals surface area contributed by atoms with Crippen molar-refractivity contribution in [3.8, 4) is 5.75 Å². The van der Waals surface area contributed by atoms with Gasteiger partial charge in [0.2, 0.25) is 0 Å². The van der Waals surface area contributed by atoms with Gasteiger partial charge in [-0.15, -0.1) is 11.3 Å². The number of amides is 2. The maximum atomic E-state index is 12.2. The largest absolute Gasteiger partial charge is 0.483 e. The summed E-state index contributed by atoms with van der Waals surface area (Å²) >= 11 is 1.34. The van der Waals surface area contributed by atoms with Crippen LogP contribution in [0.15, 0.2) is 24.3 Å². The number of hydrogen-bond acceptors (Lipinski definition) is 4. The summed E-state index contributed by atoms with van der Waals surface area (Å²) in [6.07, 6.45) is 0. The first-order chi connectivity index (χ1) is 11.3. The predicted molar refractivity (Wildman–Crippen MR) is 97.0 cm³/mol. The zero-order valence-electron chi connectivity index (χ0n) is 14.3. The Labute approximate surface area is 145 Å². The normalized spacial score (nSPS) is 10.7. The number of nitrogens with two attached hydrogens (primary N) is 1. The van der Waals surface area contributed by atoms with Crippen molar-refractivity contribution in [2.75, 3.05) is 11.9 Å². The number of nitrogens with one attached hydrogen (secondary N) is 1. The Bertz CT molecular complexity index is 766. The number of anilines is 1. The fourth-order valence-corrected chi connectivity index (χ4v) is 3.49. The highest BCUT2D eigenvalue weighted by Gasteiger charge is 2.19. The Balaban J connectivity index is 2.08. The van der Waals surface area contributed by atoms with Crippen molar-refractivity contribution < 1.29 is 14.3 Å². The monoisotopic (exact) mass is 346 g/mol. The van der Waals surface area contributed by atoms with Gasteiger partial charge in [-0.3, -0.25) is 9.59 Å². The van der Waals surface area contributed by atoms with Crippen molar-refractivity contribution in [2.45, 2.75) is 33.6 Å². The Morgan fingerprint density at radius 2 is 1.92 bits per heavy atom. The first-order valence-electron chi connectivity index (χ1n) is 7.72. The van der Waals surface area contributed by atoms with Gasteiger partial charge < -0.3 is 15.8 Å². The second kappa shape index (κ2) is 7.49. The van der Waals surface area contributed by atoms with E-state index in [2.05, 4.69) is 19.2 Å². The summed E-state index contributed by atoms with van der Waals surface area (Å²) in [6, 6.07) is 7.64. The lowest BCUT2D eigenvalue weighted by Crippen LogP contribution is -2.22. The van der Waals surface area contributed by atoms with Crippen molar-refractivity contribution in [1.82, 2.24) is 0 Å². The summed E-state index contributed by atoms with van der Waals surface area (Å²) in [4.78, 5) is 24.7. The third-order valence-electron chi connectivity index (χ3n) is 3.78. The van der Waals surface area contributed by atoms with Gasteiger partial charge in [-0.25, -0.2) is 0 Å². The summed E-state index contributed by atoms with van der Waals surface area (Å²) in [6.45, 7) is 7.71. The van der Waals surface area contributed by atoms with Crippen LogP contribution in [0.25, 0.3) is 0 Å². The van der Waals surface area contributed by atoms with Crippen molar-refractivity contribution in [2.24, 2.45) is 5.73 Å².